The van der Waals surface area contributed by atoms with E-state index >= 15 is 0 Å². The predicted octanol–water partition coefficient (Wildman–Crippen LogP) is 3.86. The Hall–Kier alpha value is -6.96. The molecular formula is C37H38N10O9S. The Morgan fingerprint density at radius 1 is 0.912 bits per heavy atom. The number of hydrogen-bond donors (Lipinski definition) is 4. The summed E-state index contributed by atoms with van der Waals surface area (Å²) in [5.41, 5.74) is 13.4. The second-order valence-corrected chi connectivity index (χ2v) is 13.6. The Balaban J connectivity index is 1.40. The van der Waals surface area contributed by atoms with Crippen molar-refractivity contribution in [3.8, 4) is 5.75 Å². The number of nitrogens with one attached hydrogen (secondary N) is 1. The molecule has 0 aliphatic heterocycles. The fourth-order valence-electron chi connectivity index (χ4n) is 5.92. The lowest BCUT2D eigenvalue weighted by Crippen LogP contribution is -2.18. The number of hydrogen-bond acceptors (Lipinski definition) is 13. The Labute approximate surface area is 327 Å². The van der Waals surface area contributed by atoms with Crippen LogP contribution in [-0.2, 0) is 30.7 Å². The molecule has 0 unspecified atom stereocenters. The number of carbonyl (C=O) groups is 5. The van der Waals surface area contributed by atoms with Gasteiger partial charge < -0.3 is 34.7 Å². The number of pyridine rings is 1. The highest BCUT2D eigenvalue weighted by molar-refractivity contribution is 7.16. The van der Waals surface area contributed by atoms with Gasteiger partial charge in [0.25, 0.3) is 5.91 Å². The number of carbonyl (C=O) groups excluding carboxylic acids is 4. The third-order valence-corrected chi connectivity index (χ3v) is 9.55. The number of allylic oxidation sites excluding steroid dienone is 2. The molecule has 20 heteroatoms. The summed E-state index contributed by atoms with van der Waals surface area (Å²) < 4.78 is 21.0. The van der Waals surface area contributed by atoms with E-state index in [1.165, 1.54) is 18.3 Å². The van der Waals surface area contributed by atoms with Crippen LogP contribution in [-0.4, -0.2) is 70.4 Å². The summed E-state index contributed by atoms with van der Waals surface area (Å²) in [4.78, 5) is 84.6. The zero-order chi connectivity index (χ0) is 41.0. The minimum atomic E-state index is -0.997. The van der Waals surface area contributed by atoms with Gasteiger partial charge in [-0.3, -0.25) is 33.9 Å². The fraction of sp³-hybridized carbons (Fsp3) is 0.297. The average molecular weight is 799 g/mol. The number of aryl methyl sites for hydroxylation is 4. The van der Waals surface area contributed by atoms with Crippen LogP contribution in [0.4, 0.5) is 5.95 Å². The maximum atomic E-state index is 13.6. The Bertz CT molecular complexity index is 2660. The number of amides is 4. The second-order valence-electron chi connectivity index (χ2n) is 12.6. The number of ether oxygens (including phenoxy) is 1. The van der Waals surface area contributed by atoms with Gasteiger partial charge in [-0.05, 0) is 37.5 Å². The number of nitrogens with two attached hydrogens (primary N) is 2. The van der Waals surface area contributed by atoms with E-state index in [9.17, 15) is 24.0 Å². The first-order valence-electron chi connectivity index (χ1n) is 17.7. The lowest BCUT2D eigenvalue weighted by atomic mass is 10.1. The maximum absolute atomic E-state index is 13.6. The molecule has 0 aliphatic rings. The molecule has 0 fully saturated rings. The van der Waals surface area contributed by atoms with E-state index < -0.39 is 29.6 Å². The number of fused-ring (bicyclic) bond motifs is 2. The van der Waals surface area contributed by atoms with Crippen LogP contribution < -0.4 is 26.3 Å². The summed E-state index contributed by atoms with van der Waals surface area (Å²) in [6.07, 6.45) is 5.78. The molecule has 296 valence electrons. The molecule has 0 spiro atoms. The monoisotopic (exact) mass is 798 g/mol. The number of aliphatic carboxylic acids is 1. The third-order valence-electron chi connectivity index (χ3n) is 8.53. The molecule has 6 N–H and O–H groups in total. The lowest BCUT2D eigenvalue weighted by Gasteiger charge is -2.12. The Morgan fingerprint density at radius 3 is 2.21 bits per heavy atom. The lowest BCUT2D eigenvalue weighted by molar-refractivity contribution is -0.137. The molecule has 6 rings (SSSR count). The van der Waals surface area contributed by atoms with Crippen LogP contribution in [0, 0.1) is 13.8 Å². The molecular weight excluding hydrogens is 761 g/mol. The zero-order valence-electron chi connectivity index (χ0n) is 31.3. The number of primary amides is 2. The minimum Gasteiger partial charge on any atom is -0.491 e. The molecule has 57 heavy (non-hydrogen) atoms. The van der Waals surface area contributed by atoms with Crippen molar-refractivity contribution in [2.24, 2.45) is 16.5 Å². The number of nitrogens with zero attached hydrogens (tertiary/aromatic N) is 7. The molecule has 0 aliphatic carbocycles. The van der Waals surface area contributed by atoms with Gasteiger partial charge in [-0.2, -0.15) is 4.99 Å². The van der Waals surface area contributed by atoms with Gasteiger partial charge in [0, 0.05) is 45.1 Å². The standard InChI is InChI=1S/C37H38N10O9S/c1-5-22-29(55-18(3)41-22)34(52)44-36-43-24-14-20(31(38)50)15-25(54-13-9-10-27(48)49)28(24)46(36)11-7-8-12-47-33-26(16-21(17-40-33)32(39)51)57-37(47)45-35(53)30-23(6-2)42-19(4)56-30/h7-8,14-17H,5-6,9-13H2,1-4H3,(H2,38,50)(H2,39,51)(H,48,49)(H,43,44,52)/b8-7+,45-37-. The maximum Gasteiger partial charge on any atom is 0.317 e. The zero-order valence-corrected chi connectivity index (χ0v) is 32.1. The van der Waals surface area contributed by atoms with E-state index in [1.54, 1.807) is 41.2 Å². The van der Waals surface area contributed by atoms with Gasteiger partial charge in [0.05, 0.1) is 33.8 Å². The first kappa shape index (κ1) is 39.7. The van der Waals surface area contributed by atoms with Gasteiger partial charge in [-0.15, -0.1) is 0 Å². The van der Waals surface area contributed by atoms with Crippen LogP contribution in [0.2, 0.25) is 0 Å². The van der Waals surface area contributed by atoms with E-state index in [0.717, 1.165) is 11.3 Å². The first-order chi connectivity index (χ1) is 27.3. The van der Waals surface area contributed by atoms with Gasteiger partial charge in [-0.1, -0.05) is 37.3 Å². The predicted molar refractivity (Wildman–Crippen MR) is 205 cm³/mol. The van der Waals surface area contributed by atoms with Gasteiger partial charge >= 0.3 is 11.9 Å². The van der Waals surface area contributed by atoms with E-state index in [0.29, 0.717) is 51.9 Å². The van der Waals surface area contributed by atoms with Gasteiger partial charge in [0.1, 0.15) is 11.3 Å². The van der Waals surface area contributed by atoms with Gasteiger partial charge in [0.2, 0.25) is 29.3 Å². The molecule has 0 saturated carbocycles. The van der Waals surface area contributed by atoms with Crippen LogP contribution in [0.3, 0.4) is 0 Å². The summed E-state index contributed by atoms with van der Waals surface area (Å²) >= 11 is 1.13. The minimum absolute atomic E-state index is 0.00570. The van der Waals surface area contributed by atoms with Crippen molar-refractivity contribution in [2.45, 2.75) is 66.5 Å². The highest BCUT2D eigenvalue weighted by Gasteiger charge is 2.24. The molecule has 5 aromatic heterocycles. The van der Waals surface area contributed by atoms with E-state index in [4.69, 9.17) is 30.1 Å². The summed E-state index contributed by atoms with van der Waals surface area (Å²) in [5.74, 6) is -2.76. The Morgan fingerprint density at radius 2 is 1.56 bits per heavy atom. The van der Waals surface area contributed by atoms with Crippen molar-refractivity contribution in [2.75, 3.05) is 11.9 Å². The number of anilines is 1. The van der Waals surface area contributed by atoms with Crippen LogP contribution in [0.25, 0.3) is 21.4 Å². The topological polar surface area (TPSA) is 279 Å². The SMILES string of the molecule is CCc1nc(C)oc1C(=O)/N=c1\sc2cc(C(N)=O)cnc2n1C/C=C/Cn1c(NC(=O)c2oc(C)nc2CC)nc2cc(C(N)=O)cc(OCCCC(=O)O)c21. The molecule has 5 heterocycles. The number of aromatic nitrogens is 6. The van der Waals surface area contributed by atoms with Gasteiger partial charge in [-0.25, -0.2) is 19.9 Å². The normalized spacial score (nSPS) is 11.9. The van der Waals surface area contributed by atoms with Crippen molar-refractivity contribution in [1.29, 1.82) is 0 Å². The number of thiazole rings is 1. The van der Waals surface area contributed by atoms with E-state index in [-0.39, 0.29) is 77.2 Å². The largest absolute Gasteiger partial charge is 0.491 e. The molecule has 0 bridgehead atoms. The summed E-state index contributed by atoms with van der Waals surface area (Å²) in [6, 6.07) is 4.45. The smallest absolute Gasteiger partial charge is 0.317 e. The summed E-state index contributed by atoms with van der Waals surface area (Å²) in [5, 5.41) is 11.9. The van der Waals surface area contributed by atoms with Crippen LogP contribution in [0.15, 0.2) is 50.4 Å². The molecule has 0 atom stereocenters. The molecule has 4 amide bonds. The number of imidazole rings is 1. The third kappa shape index (κ3) is 8.64. The number of carboxylic acids is 1. The first-order valence-corrected chi connectivity index (χ1v) is 18.5. The molecule has 19 nitrogen and oxygen atoms in total. The highest BCUT2D eigenvalue weighted by atomic mass is 32.1. The highest BCUT2D eigenvalue weighted by Crippen LogP contribution is 2.32. The van der Waals surface area contributed by atoms with Crippen molar-refractivity contribution in [3.63, 3.8) is 0 Å². The summed E-state index contributed by atoms with van der Waals surface area (Å²) in [6.45, 7) is 7.15. The molecule has 0 saturated heterocycles. The number of carboxylic acid groups (broad SMARTS) is 1. The molecule has 6 aromatic rings. The Kier molecular flexibility index (Phi) is 11.7. The average Bonchev–Trinajstić information content (AvgIpc) is 3.93. The van der Waals surface area contributed by atoms with Crippen molar-refractivity contribution < 1.29 is 42.7 Å². The van der Waals surface area contributed by atoms with E-state index in [2.05, 4.69) is 30.2 Å². The van der Waals surface area contributed by atoms with Crippen LogP contribution in [0.5, 0.6) is 5.75 Å². The van der Waals surface area contributed by atoms with E-state index in [1.807, 2.05) is 13.8 Å². The number of rotatable bonds is 16. The second kappa shape index (κ2) is 16.8. The fourth-order valence-corrected chi connectivity index (χ4v) is 6.96. The van der Waals surface area contributed by atoms with Crippen molar-refractivity contribution in [3.05, 3.63) is 87.2 Å². The van der Waals surface area contributed by atoms with Crippen molar-refractivity contribution >= 4 is 68.3 Å². The van der Waals surface area contributed by atoms with Crippen LogP contribution >= 0.6 is 11.3 Å². The van der Waals surface area contributed by atoms with Crippen LogP contribution in [0.1, 0.15) is 91.7 Å². The number of oxazole rings is 2. The molecule has 1 aromatic carbocycles. The molecule has 0 radical (unpaired) electrons. The van der Waals surface area contributed by atoms with Gasteiger partial charge in [0.15, 0.2) is 22.2 Å². The quantitative estimate of drug-likeness (QED) is 0.0801. The van der Waals surface area contributed by atoms with Crippen molar-refractivity contribution in [1.82, 2.24) is 29.1 Å². The number of benzene rings is 1. The summed E-state index contributed by atoms with van der Waals surface area (Å²) in [7, 11) is 0.